The Kier molecular flexibility index (Phi) is 9.62. The zero-order chi connectivity index (χ0) is 22.7. The first kappa shape index (κ1) is 24.5. The summed E-state index contributed by atoms with van der Waals surface area (Å²) in [7, 11) is -2.43. The van der Waals surface area contributed by atoms with Gasteiger partial charge in [0.25, 0.3) is 0 Å². The minimum atomic E-state index is -3.98. The minimum absolute atomic E-state index is 0.00386. The van der Waals surface area contributed by atoms with Crippen molar-refractivity contribution in [3.05, 3.63) is 90.3 Å². The second-order valence-electron chi connectivity index (χ2n) is 6.12. The number of benzene rings is 2. The molecule has 2 aromatic carbocycles. The summed E-state index contributed by atoms with van der Waals surface area (Å²) < 4.78 is 52.3. The van der Waals surface area contributed by atoms with Crippen molar-refractivity contribution in [2.24, 2.45) is 0 Å². The summed E-state index contributed by atoms with van der Waals surface area (Å²) in [5, 5.41) is 0. The molecule has 9 heteroatoms. The summed E-state index contributed by atoms with van der Waals surface area (Å²) in [6, 6.07) is 10.5. The third-order valence-electron chi connectivity index (χ3n) is 3.90. The molecule has 2 rings (SSSR count). The number of esters is 1. The van der Waals surface area contributed by atoms with Crippen molar-refractivity contribution in [2.45, 2.75) is 13.2 Å². The van der Waals surface area contributed by atoms with Gasteiger partial charge >= 0.3 is 13.8 Å². The molecule has 0 saturated carbocycles. The van der Waals surface area contributed by atoms with Crippen molar-refractivity contribution >= 4 is 13.8 Å². The van der Waals surface area contributed by atoms with Gasteiger partial charge in [-0.1, -0.05) is 24.3 Å². The number of phosphoric acid groups is 1. The van der Waals surface area contributed by atoms with Crippen molar-refractivity contribution < 1.29 is 36.8 Å². The Hall–Kier alpha value is -2.77. The molecule has 0 unspecified atom stereocenters. The molecule has 0 bridgehead atoms. The highest BCUT2D eigenvalue weighted by Gasteiger charge is 2.27. The molecule has 0 fully saturated rings. The van der Waals surface area contributed by atoms with Gasteiger partial charge in [-0.3, -0.25) is 13.6 Å². The van der Waals surface area contributed by atoms with E-state index in [-0.39, 0.29) is 30.9 Å². The smallest absolute Gasteiger partial charge is 0.475 e. The van der Waals surface area contributed by atoms with Gasteiger partial charge in [0.1, 0.15) is 18.2 Å². The van der Waals surface area contributed by atoms with E-state index in [9.17, 15) is 13.8 Å². The molecule has 0 heterocycles. The van der Waals surface area contributed by atoms with Crippen molar-refractivity contribution in [3.8, 4) is 5.75 Å². The van der Waals surface area contributed by atoms with E-state index in [1.807, 2.05) is 0 Å². The van der Waals surface area contributed by atoms with E-state index in [0.717, 1.165) is 17.7 Å². The molecule has 0 aromatic heterocycles. The Morgan fingerprint density at radius 3 is 2.23 bits per heavy atom. The molecule has 0 saturated heterocycles. The number of hydrogen-bond donors (Lipinski definition) is 0. The van der Waals surface area contributed by atoms with Gasteiger partial charge in [0.05, 0.1) is 32.5 Å². The van der Waals surface area contributed by atoms with Gasteiger partial charge in [-0.2, -0.15) is 0 Å². The lowest BCUT2D eigenvalue weighted by Gasteiger charge is -2.17. The van der Waals surface area contributed by atoms with Crippen molar-refractivity contribution in [3.63, 3.8) is 0 Å². The third kappa shape index (κ3) is 7.77. The van der Waals surface area contributed by atoms with E-state index < -0.39 is 26.2 Å². The topological polar surface area (TPSA) is 80.3 Å². The first-order valence-corrected chi connectivity index (χ1v) is 10.7. The number of ether oxygens (including phenoxy) is 2. The van der Waals surface area contributed by atoms with Crippen molar-refractivity contribution in [2.75, 3.05) is 20.3 Å². The molecular weight excluding hydrogens is 426 g/mol. The van der Waals surface area contributed by atoms with Crippen LogP contribution in [-0.2, 0) is 36.1 Å². The zero-order valence-electron chi connectivity index (χ0n) is 17.1. The van der Waals surface area contributed by atoms with Crippen LogP contribution in [0, 0.1) is 5.82 Å². The summed E-state index contributed by atoms with van der Waals surface area (Å²) in [6.45, 7) is 6.36. The van der Waals surface area contributed by atoms with E-state index in [1.165, 1.54) is 18.2 Å². The lowest BCUT2D eigenvalue weighted by atomic mass is 10.1. The van der Waals surface area contributed by atoms with Gasteiger partial charge in [-0.05, 0) is 41.5 Å². The Morgan fingerprint density at radius 1 is 1.00 bits per heavy atom. The summed E-state index contributed by atoms with van der Waals surface area (Å²) in [4.78, 5) is 12.6. The Morgan fingerprint density at radius 2 is 1.65 bits per heavy atom. The van der Waals surface area contributed by atoms with E-state index in [4.69, 9.17) is 23.0 Å². The highest BCUT2D eigenvalue weighted by Crippen LogP contribution is 2.50. The fourth-order valence-electron chi connectivity index (χ4n) is 2.38. The van der Waals surface area contributed by atoms with E-state index in [0.29, 0.717) is 5.75 Å². The number of halogens is 1. The molecule has 0 radical (unpaired) electrons. The van der Waals surface area contributed by atoms with Gasteiger partial charge in [0.2, 0.25) is 0 Å². The summed E-state index contributed by atoms with van der Waals surface area (Å²) in [5.41, 5.74) is 0.937. The van der Waals surface area contributed by atoms with Crippen LogP contribution < -0.4 is 4.74 Å². The zero-order valence-corrected chi connectivity index (χ0v) is 18.0. The maximum atomic E-state index is 13.8. The second-order valence-corrected chi connectivity index (χ2v) is 7.78. The van der Waals surface area contributed by atoms with Crippen LogP contribution in [0.2, 0.25) is 0 Å². The monoisotopic (exact) mass is 450 g/mol. The van der Waals surface area contributed by atoms with Crippen LogP contribution in [0.5, 0.6) is 5.75 Å². The largest absolute Gasteiger partial charge is 0.497 e. The van der Waals surface area contributed by atoms with Crippen LogP contribution in [-0.4, -0.2) is 26.3 Å². The average molecular weight is 450 g/mol. The van der Waals surface area contributed by atoms with Gasteiger partial charge in [-0.15, -0.1) is 13.2 Å². The van der Waals surface area contributed by atoms with Crippen molar-refractivity contribution in [1.82, 2.24) is 0 Å². The number of phosphoric ester groups is 1. The van der Waals surface area contributed by atoms with E-state index in [1.54, 1.807) is 31.4 Å². The lowest BCUT2D eigenvalue weighted by Crippen LogP contribution is -2.10. The van der Waals surface area contributed by atoms with Gasteiger partial charge in [0, 0.05) is 0 Å². The quantitative estimate of drug-likeness (QED) is 0.235. The number of rotatable bonds is 13. The maximum absolute atomic E-state index is 13.8. The van der Waals surface area contributed by atoms with Crippen LogP contribution in [0.15, 0.2) is 67.8 Å². The highest BCUT2D eigenvalue weighted by atomic mass is 31.2. The second kappa shape index (κ2) is 12.2. The molecule has 0 amide bonds. The summed E-state index contributed by atoms with van der Waals surface area (Å²) in [6.07, 6.45) is 2.74. The summed E-state index contributed by atoms with van der Waals surface area (Å²) >= 11 is 0. The number of hydrogen-bond acceptors (Lipinski definition) is 7. The van der Waals surface area contributed by atoms with Gasteiger partial charge < -0.3 is 9.47 Å². The molecular formula is C22H24FO7P. The first-order chi connectivity index (χ1) is 14.9. The molecule has 0 aliphatic rings. The van der Waals surface area contributed by atoms with Crippen LogP contribution in [0.1, 0.15) is 21.5 Å². The van der Waals surface area contributed by atoms with Gasteiger partial charge in [-0.25, -0.2) is 13.8 Å². The highest BCUT2D eigenvalue weighted by molar-refractivity contribution is 7.48. The first-order valence-electron chi connectivity index (χ1n) is 9.24. The maximum Gasteiger partial charge on any atom is 0.475 e. The van der Waals surface area contributed by atoms with Crippen LogP contribution in [0.4, 0.5) is 4.39 Å². The Balaban J connectivity index is 2.10. The SMILES string of the molecule is C=CCOP(=O)(OCC=C)OCc1cc(F)ccc1C(=O)OCc1ccc(OC)cc1. The Bertz CT molecular complexity index is 927. The van der Waals surface area contributed by atoms with Crippen LogP contribution in [0.25, 0.3) is 0 Å². The van der Waals surface area contributed by atoms with E-state index >= 15 is 0 Å². The van der Waals surface area contributed by atoms with Crippen molar-refractivity contribution in [1.29, 1.82) is 0 Å². The lowest BCUT2D eigenvalue weighted by molar-refractivity contribution is 0.0467. The number of carbonyl (C=O) groups excluding carboxylic acids is 1. The molecule has 166 valence electrons. The van der Waals surface area contributed by atoms with Gasteiger partial charge in [0.15, 0.2) is 0 Å². The molecule has 0 atom stereocenters. The Labute approximate surface area is 180 Å². The molecule has 0 aliphatic carbocycles. The molecule has 0 aliphatic heterocycles. The normalized spacial score (nSPS) is 11.0. The molecule has 0 N–H and O–H groups in total. The fourth-order valence-corrected chi connectivity index (χ4v) is 3.47. The average Bonchev–Trinajstić information content (AvgIpc) is 2.79. The van der Waals surface area contributed by atoms with Crippen LogP contribution in [0.3, 0.4) is 0 Å². The number of carbonyl (C=O) groups is 1. The van der Waals surface area contributed by atoms with E-state index in [2.05, 4.69) is 13.2 Å². The van der Waals surface area contributed by atoms with Crippen LogP contribution >= 0.6 is 7.82 Å². The molecule has 31 heavy (non-hydrogen) atoms. The molecule has 0 spiro atoms. The predicted molar refractivity (Wildman–Crippen MR) is 113 cm³/mol. The fraction of sp³-hybridized carbons (Fsp3) is 0.227. The standard InChI is InChI=1S/C22H24FO7P/c1-4-12-28-31(25,29-13-5-2)30-16-18-14-19(23)8-11-21(18)22(24)27-15-17-6-9-20(26-3)10-7-17/h4-11,14H,1-2,12-13,15-16H2,3H3. The molecule has 2 aromatic rings. The summed E-state index contributed by atoms with van der Waals surface area (Å²) in [5.74, 6) is -0.614. The minimum Gasteiger partial charge on any atom is -0.497 e. The molecule has 7 nitrogen and oxygen atoms in total. The predicted octanol–water partition coefficient (Wildman–Crippen LogP) is 5.22. The third-order valence-corrected chi connectivity index (χ3v) is 5.27. The number of methoxy groups -OCH3 is 1.